The van der Waals surface area contributed by atoms with Gasteiger partial charge in [0, 0.05) is 16.5 Å². The SMILES string of the molecule is Cc1cccc2c(C3CCC3)c(S)cnc12. The Labute approximate surface area is 101 Å². The first-order valence-electron chi connectivity index (χ1n) is 5.84. The zero-order chi connectivity index (χ0) is 11.1. The molecule has 0 aliphatic heterocycles. The van der Waals surface area contributed by atoms with E-state index in [2.05, 4.69) is 42.7 Å². The van der Waals surface area contributed by atoms with E-state index >= 15 is 0 Å². The van der Waals surface area contributed by atoms with Gasteiger partial charge in [-0.25, -0.2) is 0 Å². The Kier molecular flexibility index (Phi) is 2.40. The van der Waals surface area contributed by atoms with Crippen LogP contribution in [0.1, 0.15) is 36.3 Å². The van der Waals surface area contributed by atoms with E-state index in [0.717, 1.165) is 10.4 Å². The third-order valence-corrected chi connectivity index (χ3v) is 3.99. The largest absolute Gasteiger partial charge is 0.255 e. The van der Waals surface area contributed by atoms with Crippen molar-refractivity contribution in [3.8, 4) is 0 Å². The zero-order valence-corrected chi connectivity index (χ0v) is 10.3. The molecule has 1 saturated carbocycles. The lowest BCUT2D eigenvalue weighted by molar-refractivity contribution is 0.417. The maximum atomic E-state index is 4.57. The third kappa shape index (κ3) is 1.44. The summed E-state index contributed by atoms with van der Waals surface area (Å²) >= 11 is 4.57. The van der Waals surface area contributed by atoms with Crippen LogP contribution in [0.15, 0.2) is 29.3 Å². The van der Waals surface area contributed by atoms with Crippen molar-refractivity contribution in [2.24, 2.45) is 0 Å². The summed E-state index contributed by atoms with van der Waals surface area (Å²) in [6.07, 6.45) is 5.88. The first-order chi connectivity index (χ1) is 7.77. The summed E-state index contributed by atoms with van der Waals surface area (Å²) in [6.45, 7) is 2.12. The van der Waals surface area contributed by atoms with Gasteiger partial charge in [-0.3, -0.25) is 4.98 Å². The Morgan fingerprint density at radius 1 is 1.31 bits per heavy atom. The normalized spacial score (nSPS) is 16.4. The molecule has 0 atom stereocenters. The highest BCUT2D eigenvalue weighted by atomic mass is 32.1. The number of aromatic nitrogens is 1. The molecular formula is C14H15NS. The van der Waals surface area contributed by atoms with Gasteiger partial charge in [0.1, 0.15) is 0 Å². The number of rotatable bonds is 1. The van der Waals surface area contributed by atoms with Crippen LogP contribution in [-0.2, 0) is 0 Å². The summed E-state index contributed by atoms with van der Waals surface area (Å²) in [5, 5.41) is 1.30. The predicted octanol–water partition coefficient (Wildman–Crippen LogP) is 4.10. The molecule has 1 fully saturated rings. The van der Waals surface area contributed by atoms with Gasteiger partial charge in [-0.2, -0.15) is 0 Å². The fraction of sp³-hybridized carbons (Fsp3) is 0.357. The van der Waals surface area contributed by atoms with Crippen molar-refractivity contribution in [1.29, 1.82) is 0 Å². The molecule has 0 amide bonds. The topological polar surface area (TPSA) is 12.9 Å². The number of nitrogens with zero attached hydrogens (tertiary/aromatic N) is 1. The van der Waals surface area contributed by atoms with Crippen LogP contribution in [0.25, 0.3) is 10.9 Å². The molecule has 0 unspecified atom stereocenters. The molecule has 1 nitrogen and oxygen atoms in total. The number of pyridine rings is 1. The van der Waals surface area contributed by atoms with E-state index in [1.807, 2.05) is 6.20 Å². The van der Waals surface area contributed by atoms with E-state index in [9.17, 15) is 0 Å². The van der Waals surface area contributed by atoms with E-state index in [4.69, 9.17) is 0 Å². The molecule has 2 aromatic rings. The van der Waals surface area contributed by atoms with Crippen LogP contribution in [0.4, 0.5) is 0 Å². The Morgan fingerprint density at radius 3 is 2.81 bits per heavy atom. The Balaban J connectivity index is 2.31. The molecule has 2 heteroatoms. The molecule has 0 saturated heterocycles. The minimum absolute atomic E-state index is 0.708. The average Bonchev–Trinajstić information content (AvgIpc) is 2.20. The highest BCUT2D eigenvalue weighted by Gasteiger charge is 2.23. The predicted molar refractivity (Wildman–Crippen MR) is 70.3 cm³/mol. The summed E-state index contributed by atoms with van der Waals surface area (Å²) in [5.74, 6) is 0.708. The molecule has 82 valence electrons. The summed E-state index contributed by atoms with van der Waals surface area (Å²) < 4.78 is 0. The van der Waals surface area contributed by atoms with E-state index < -0.39 is 0 Å². The van der Waals surface area contributed by atoms with Crippen molar-refractivity contribution in [2.75, 3.05) is 0 Å². The number of aryl methyl sites for hydroxylation is 1. The van der Waals surface area contributed by atoms with Crippen LogP contribution in [0.3, 0.4) is 0 Å². The highest BCUT2D eigenvalue weighted by Crippen LogP contribution is 2.42. The first kappa shape index (κ1) is 10.2. The van der Waals surface area contributed by atoms with Gasteiger partial charge in [0.2, 0.25) is 0 Å². The van der Waals surface area contributed by atoms with Gasteiger partial charge in [0.05, 0.1) is 5.52 Å². The molecule has 0 bridgehead atoms. The quantitative estimate of drug-likeness (QED) is 0.726. The highest BCUT2D eigenvalue weighted by molar-refractivity contribution is 7.80. The summed E-state index contributed by atoms with van der Waals surface area (Å²) in [4.78, 5) is 5.56. The molecule has 16 heavy (non-hydrogen) atoms. The molecule has 0 spiro atoms. The van der Waals surface area contributed by atoms with E-state index in [-0.39, 0.29) is 0 Å². The van der Waals surface area contributed by atoms with Gasteiger partial charge in [-0.1, -0.05) is 24.6 Å². The van der Waals surface area contributed by atoms with E-state index in [0.29, 0.717) is 5.92 Å². The molecule has 1 heterocycles. The van der Waals surface area contributed by atoms with Crippen LogP contribution >= 0.6 is 12.6 Å². The lowest BCUT2D eigenvalue weighted by Crippen LogP contribution is -2.10. The standard InChI is InChI=1S/C14H15NS/c1-9-4-2-7-11-13(10-5-3-6-10)12(16)8-15-14(9)11/h2,4,7-8,10,16H,3,5-6H2,1H3. The van der Waals surface area contributed by atoms with Crippen LogP contribution < -0.4 is 0 Å². The maximum Gasteiger partial charge on any atom is 0.0734 e. The fourth-order valence-corrected chi connectivity index (χ4v) is 2.87. The van der Waals surface area contributed by atoms with Crippen molar-refractivity contribution in [1.82, 2.24) is 4.98 Å². The van der Waals surface area contributed by atoms with Gasteiger partial charge in [-0.15, -0.1) is 12.6 Å². The molecule has 0 N–H and O–H groups in total. The monoisotopic (exact) mass is 229 g/mol. The van der Waals surface area contributed by atoms with Gasteiger partial charge in [-0.05, 0) is 36.8 Å². The molecule has 1 aromatic heterocycles. The van der Waals surface area contributed by atoms with Crippen LogP contribution in [-0.4, -0.2) is 4.98 Å². The molecule has 0 radical (unpaired) electrons. The fourth-order valence-electron chi connectivity index (χ4n) is 2.51. The first-order valence-corrected chi connectivity index (χ1v) is 6.29. The van der Waals surface area contributed by atoms with Crippen molar-refractivity contribution in [3.63, 3.8) is 0 Å². The van der Waals surface area contributed by atoms with Crippen molar-refractivity contribution < 1.29 is 0 Å². The molecule has 1 aromatic carbocycles. The molecular weight excluding hydrogens is 214 g/mol. The second kappa shape index (κ2) is 3.77. The molecule has 1 aliphatic carbocycles. The lowest BCUT2D eigenvalue weighted by Gasteiger charge is -2.28. The van der Waals surface area contributed by atoms with Gasteiger partial charge >= 0.3 is 0 Å². The Morgan fingerprint density at radius 2 is 2.12 bits per heavy atom. The molecule has 1 aliphatic rings. The number of benzene rings is 1. The minimum Gasteiger partial charge on any atom is -0.255 e. The number of hydrogen-bond donors (Lipinski definition) is 1. The van der Waals surface area contributed by atoms with Gasteiger partial charge < -0.3 is 0 Å². The average molecular weight is 229 g/mol. The molecule has 3 rings (SSSR count). The van der Waals surface area contributed by atoms with Gasteiger partial charge in [0.15, 0.2) is 0 Å². The summed E-state index contributed by atoms with van der Waals surface area (Å²) in [7, 11) is 0. The zero-order valence-electron chi connectivity index (χ0n) is 9.40. The summed E-state index contributed by atoms with van der Waals surface area (Å²) in [6, 6.07) is 6.43. The van der Waals surface area contributed by atoms with Crippen molar-refractivity contribution in [3.05, 3.63) is 35.5 Å². The number of para-hydroxylation sites is 1. The van der Waals surface area contributed by atoms with Crippen molar-refractivity contribution in [2.45, 2.75) is 37.0 Å². The third-order valence-electron chi connectivity index (χ3n) is 3.63. The number of hydrogen-bond acceptors (Lipinski definition) is 2. The Hall–Kier alpha value is -1.02. The van der Waals surface area contributed by atoms with E-state index in [1.165, 1.54) is 35.8 Å². The van der Waals surface area contributed by atoms with Gasteiger partial charge in [0.25, 0.3) is 0 Å². The smallest absolute Gasteiger partial charge is 0.0734 e. The van der Waals surface area contributed by atoms with Crippen molar-refractivity contribution >= 4 is 23.5 Å². The lowest BCUT2D eigenvalue weighted by atomic mass is 9.78. The summed E-state index contributed by atoms with van der Waals surface area (Å²) in [5.41, 5.74) is 3.82. The van der Waals surface area contributed by atoms with Crippen LogP contribution in [0.5, 0.6) is 0 Å². The maximum absolute atomic E-state index is 4.57. The number of fused-ring (bicyclic) bond motifs is 1. The second-order valence-corrected chi connectivity index (χ2v) is 5.14. The van der Waals surface area contributed by atoms with Crippen LogP contribution in [0, 0.1) is 6.92 Å². The van der Waals surface area contributed by atoms with E-state index in [1.54, 1.807) is 0 Å². The second-order valence-electron chi connectivity index (χ2n) is 4.66. The minimum atomic E-state index is 0.708. The Bertz CT molecular complexity index is 544. The number of thiol groups is 1. The van der Waals surface area contributed by atoms with Crippen LogP contribution in [0.2, 0.25) is 0 Å².